The predicted octanol–water partition coefficient (Wildman–Crippen LogP) is 6.58. The van der Waals surface area contributed by atoms with Crippen LogP contribution in [0.3, 0.4) is 0 Å². The molecular formula is C35H48F2N4O6. The zero-order valence-electron chi connectivity index (χ0n) is 28.5. The van der Waals surface area contributed by atoms with Crippen molar-refractivity contribution in [1.82, 2.24) is 20.2 Å². The number of alkyl carbamates (subject to hydrolysis) is 1. The second-order valence-corrected chi connectivity index (χ2v) is 14.8. The maximum atomic E-state index is 16.1. The first-order valence-electron chi connectivity index (χ1n) is 16.8. The molecule has 47 heavy (non-hydrogen) atoms. The Kier molecular flexibility index (Phi) is 9.72. The first kappa shape index (κ1) is 34.8. The van der Waals surface area contributed by atoms with E-state index in [1.165, 1.54) is 18.9 Å². The van der Waals surface area contributed by atoms with E-state index in [1.54, 1.807) is 25.1 Å². The smallest absolute Gasteiger partial charge is 0.408 e. The van der Waals surface area contributed by atoms with Gasteiger partial charge in [-0.3, -0.25) is 9.59 Å². The molecule has 2 bridgehead atoms. The zero-order chi connectivity index (χ0) is 34.3. The molecule has 12 heteroatoms. The molecule has 2 aromatic rings. The van der Waals surface area contributed by atoms with Crippen LogP contribution in [0.15, 0.2) is 18.2 Å². The number of fused-ring (bicyclic) bond motifs is 5. The largest absolute Gasteiger partial charge is 0.497 e. The molecule has 1 aromatic heterocycles. The molecule has 5 rings (SSSR count). The van der Waals surface area contributed by atoms with Crippen molar-refractivity contribution in [3.63, 3.8) is 0 Å². The van der Waals surface area contributed by atoms with Crippen LogP contribution in [-0.4, -0.2) is 70.1 Å². The average Bonchev–Trinajstić information content (AvgIpc) is 3.52. The molecule has 6 atom stereocenters. The standard InChI is InChI=1S/C35H48F2N4O6/c1-20-26-19-41(27(20)21(2)42)31(43)29(33(3,4)5)40-32(44)47-34(6)16-11-13-22(34)12-9-8-10-17-35(36,37)28-30(46-26)39-25-18-23(45-7)14-15-24(25)38-28/h14-15,18,20,22,26-27,29H,8-13,16-17,19H2,1-7H3,(H,40,44)/t20-,22-,26+,27+,29-,34-/m1/s1. The van der Waals surface area contributed by atoms with Crippen LogP contribution in [0.4, 0.5) is 13.6 Å². The van der Waals surface area contributed by atoms with E-state index in [2.05, 4.69) is 15.3 Å². The Balaban J connectivity index is 1.58. The van der Waals surface area contributed by atoms with Crippen LogP contribution in [-0.2, 0) is 20.2 Å². The summed E-state index contributed by atoms with van der Waals surface area (Å²) in [4.78, 5) is 51.0. The fourth-order valence-electron chi connectivity index (χ4n) is 7.53. The van der Waals surface area contributed by atoms with Crippen molar-refractivity contribution in [2.45, 2.75) is 123 Å². The van der Waals surface area contributed by atoms with Crippen molar-refractivity contribution in [3.05, 3.63) is 23.9 Å². The third-order valence-corrected chi connectivity index (χ3v) is 10.3. The number of rotatable bonds is 2. The van der Waals surface area contributed by atoms with Gasteiger partial charge in [-0.15, -0.1) is 0 Å². The third-order valence-electron chi connectivity index (χ3n) is 10.3. The highest BCUT2D eigenvalue weighted by Crippen LogP contribution is 2.43. The number of carbonyl (C=O) groups is 3. The molecular weight excluding hydrogens is 610 g/mol. The quantitative estimate of drug-likeness (QED) is 0.385. The van der Waals surface area contributed by atoms with Gasteiger partial charge in [-0.05, 0) is 69.4 Å². The number of hydrogen-bond acceptors (Lipinski definition) is 8. The highest BCUT2D eigenvalue weighted by molar-refractivity contribution is 5.92. The Morgan fingerprint density at radius 1 is 1.06 bits per heavy atom. The summed E-state index contributed by atoms with van der Waals surface area (Å²) < 4.78 is 49.8. The van der Waals surface area contributed by atoms with E-state index in [1.807, 2.05) is 27.7 Å². The van der Waals surface area contributed by atoms with E-state index in [0.717, 1.165) is 19.3 Å². The topological polar surface area (TPSA) is 120 Å². The Morgan fingerprint density at radius 2 is 1.79 bits per heavy atom. The first-order chi connectivity index (χ1) is 22.0. The lowest BCUT2D eigenvalue weighted by Gasteiger charge is -2.37. The summed E-state index contributed by atoms with van der Waals surface area (Å²) in [5, 5.41) is 2.84. The number of aromatic nitrogens is 2. The number of nitrogens with one attached hydrogen (secondary N) is 1. The van der Waals surface area contributed by atoms with Gasteiger partial charge in [0, 0.05) is 18.4 Å². The number of hydrogen-bond donors (Lipinski definition) is 1. The van der Waals surface area contributed by atoms with E-state index < -0.39 is 65.2 Å². The lowest BCUT2D eigenvalue weighted by Crippen LogP contribution is -2.57. The van der Waals surface area contributed by atoms with Gasteiger partial charge >= 0.3 is 6.09 Å². The summed E-state index contributed by atoms with van der Waals surface area (Å²) >= 11 is 0. The van der Waals surface area contributed by atoms with Crippen molar-refractivity contribution in [1.29, 1.82) is 0 Å². The molecule has 1 aromatic carbocycles. The maximum Gasteiger partial charge on any atom is 0.408 e. The van der Waals surface area contributed by atoms with Crippen LogP contribution in [0.25, 0.3) is 11.0 Å². The molecule has 0 radical (unpaired) electrons. The van der Waals surface area contributed by atoms with Gasteiger partial charge in [0.25, 0.3) is 5.92 Å². The number of alkyl halides is 2. The first-order valence-corrected chi connectivity index (χ1v) is 16.8. The van der Waals surface area contributed by atoms with Crippen LogP contribution < -0.4 is 14.8 Å². The normalized spacial score (nSPS) is 30.6. The summed E-state index contributed by atoms with van der Waals surface area (Å²) in [7, 11) is 1.50. The number of halogens is 2. The molecule has 0 spiro atoms. The van der Waals surface area contributed by atoms with Crippen molar-refractivity contribution >= 4 is 28.8 Å². The van der Waals surface area contributed by atoms with Gasteiger partial charge in [0.05, 0.1) is 30.7 Å². The highest BCUT2D eigenvalue weighted by Gasteiger charge is 2.50. The highest BCUT2D eigenvalue weighted by atomic mass is 19.3. The minimum atomic E-state index is -3.35. The number of carbonyl (C=O) groups excluding carboxylic acids is 3. The summed E-state index contributed by atoms with van der Waals surface area (Å²) in [5.74, 6) is -4.46. The maximum absolute atomic E-state index is 16.1. The number of Topliss-reactive ketones (excluding diaryl/α,β-unsaturated/α-hetero) is 1. The van der Waals surface area contributed by atoms with Crippen LogP contribution in [0.2, 0.25) is 0 Å². The fraction of sp³-hybridized carbons (Fsp3) is 0.686. The number of benzene rings is 1. The Morgan fingerprint density at radius 3 is 2.47 bits per heavy atom. The van der Waals surface area contributed by atoms with Crippen molar-refractivity contribution < 1.29 is 37.4 Å². The average molecular weight is 659 g/mol. The van der Waals surface area contributed by atoms with Crippen molar-refractivity contribution in [3.8, 4) is 11.6 Å². The van der Waals surface area contributed by atoms with Crippen LogP contribution >= 0.6 is 0 Å². The molecule has 3 heterocycles. The minimum absolute atomic E-state index is 0.0732. The predicted molar refractivity (Wildman–Crippen MR) is 171 cm³/mol. The molecule has 3 aliphatic rings. The molecule has 1 aliphatic carbocycles. The van der Waals surface area contributed by atoms with Crippen LogP contribution in [0.1, 0.15) is 98.6 Å². The molecule has 1 N–H and O–H groups in total. The second-order valence-electron chi connectivity index (χ2n) is 14.8. The Labute approximate surface area is 275 Å². The molecule has 10 nitrogen and oxygen atoms in total. The summed E-state index contributed by atoms with van der Waals surface area (Å²) in [6, 6.07) is 2.88. The molecule has 1 saturated carbocycles. The molecule has 258 valence electrons. The number of ketones is 1. The van der Waals surface area contributed by atoms with Crippen molar-refractivity contribution in [2.75, 3.05) is 13.7 Å². The monoisotopic (exact) mass is 658 g/mol. The molecule has 2 fully saturated rings. The zero-order valence-corrected chi connectivity index (χ0v) is 28.5. The fourth-order valence-corrected chi connectivity index (χ4v) is 7.53. The minimum Gasteiger partial charge on any atom is -0.497 e. The van der Waals surface area contributed by atoms with Gasteiger partial charge < -0.3 is 24.4 Å². The van der Waals surface area contributed by atoms with Gasteiger partial charge in [-0.25, -0.2) is 14.8 Å². The van der Waals surface area contributed by atoms with E-state index >= 15 is 8.78 Å². The van der Waals surface area contributed by atoms with Crippen molar-refractivity contribution in [2.24, 2.45) is 17.3 Å². The molecule has 1 saturated heterocycles. The lowest BCUT2D eigenvalue weighted by atomic mass is 9.85. The van der Waals surface area contributed by atoms with E-state index in [0.29, 0.717) is 30.5 Å². The number of ether oxygens (including phenoxy) is 3. The third kappa shape index (κ3) is 7.16. The van der Waals surface area contributed by atoms with Gasteiger partial charge in [0.2, 0.25) is 11.8 Å². The lowest BCUT2D eigenvalue weighted by molar-refractivity contribution is -0.141. The summed E-state index contributed by atoms with van der Waals surface area (Å²) in [6.45, 7) is 10.5. The van der Waals surface area contributed by atoms with E-state index in [4.69, 9.17) is 14.2 Å². The molecule has 2 amide bonds. The Bertz CT molecular complexity index is 1510. The number of nitrogens with zero attached hydrogens (tertiary/aromatic N) is 3. The van der Waals surface area contributed by atoms with Crippen LogP contribution in [0, 0.1) is 17.3 Å². The van der Waals surface area contributed by atoms with E-state index in [9.17, 15) is 14.4 Å². The molecule has 2 aliphatic heterocycles. The van der Waals surface area contributed by atoms with E-state index in [-0.39, 0.29) is 36.1 Å². The number of methoxy groups -OCH3 is 1. The van der Waals surface area contributed by atoms with Gasteiger partial charge in [-0.2, -0.15) is 8.78 Å². The molecule has 0 unspecified atom stereocenters. The number of amides is 2. The van der Waals surface area contributed by atoms with Crippen LogP contribution in [0.5, 0.6) is 11.6 Å². The second kappa shape index (κ2) is 13.1. The Hall–Kier alpha value is -3.57. The van der Waals surface area contributed by atoms with Gasteiger partial charge in [0.15, 0.2) is 11.5 Å². The SMILES string of the molecule is COc1ccc2nc3c(nc2c1)O[C@H]1CN(C(=O)[C@H](C(C)(C)C)NC(=O)O[C@]2(C)CCC[C@H]2CCCCCC3(F)F)[C@H](C(C)=O)[C@@H]1C. The van der Waals surface area contributed by atoms with Gasteiger partial charge in [-0.1, -0.05) is 40.5 Å². The van der Waals surface area contributed by atoms with Gasteiger partial charge in [0.1, 0.15) is 23.5 Å². The summed E-state index contributed by atoms with van der Waals surface area (Å²) in [5.41, 5.74) is -1.46. The summed E-state index contributed by atoms with van der Waals surface area (Å²) in [6.07, 6.45) is 2.71.